The lowest BCUT2D eigenvalue weighted by Gasteiger charge is -2.57. The van der Waals surface area contributed by atoms with Gasteiger partial charge in [0.1, 0.15) is 5.82 Å². The number of carbonyl (C=O) groups excluding carboxylic acids is 2. The van der Waals surface area contributed by atoms with Crippen LogP contribution in [0.2, 0.25) is 0 Å². The molecule has 4 aliphatic carbocycles. The number of hydrazone groups is 1. The fraction of sp³-hybridized carbons (Fsp3) is 0.364. The minimum atomic E-state index is -0.527. The quantitative estimate of drug-likeness (QED) is 0.247. The maximum absolute atomic E-state index is 13.3. The van der Waals surface area contributed by atoms with E-state index in [1.54, 1.807) is 18.2 Å². The van der Waals surface area contributed by atoms with Gasteiger partial charge in [0.2, 0.25) is 0 Å². The van der Waals surface area contributed by atoms with E-state index >= 15 is 0 Å². The molecular formula is C33H34FN3O4. The second kappa shape index (κ2) is 11.4. The maximum atomic E-state index is 13.3. The van der Waals surface area contributed by atoms with Crippen molar-refractivity contribution in [2.75, 3.05) is 19.0 Å². The number of benzene rings is 3. The Kier molecular flexibility index (Phi) is 7.47. The first-order valence-corrected chi connectivity index (χ1v) is 14.2. The third kappa shape index (κ3) is 5.97. The van der Waals surface area contributed by atoms with Gasteiger partial charge in [-0.05, 0) is 121 Å². The van der Waals surface area contributed by atoms with E-state index < -0.39 is 11.7 Å². The third-order valence-electron chi connectivity index (χ3n) is 8.83. The van der Waals surface area contributed by atoms with Crippen molar-refractivity contribution in [3.63, 3.8) is 0 Å². The fourth-order valence-electron chi connectivity index (χ4n) is 7.46. The molecule has 7 rings (SSSR count). The molecular weight excluding hydrogens is 521 g/mol. The highest BCUT2D eigenvalue weighted by Crippen LogP contribution is 2.60. The van der Waals surface area contributed by atoms with Gasteiger partial charge in [0, 0.05) is 11.3 Å². The molecule has 0 aromatic heterocycles. The van der Waals surface area contributed by atoms with E-state index in [4.69, 9.17) is 9.47 Å². The average Bonchev–Trinajstić information content (AvgIpc) is 2.96. The van der Waals surface area contributed by atoms with Crippen molar-refractivity contribution >= 4 is 23.7 Å². The number of rotatable bonds is 9. The fourth-order valence-corrected chi connectivity index (χ4v) is 7.46. The van der Waals surface area contributed by atoms with Crippen LogP contribution in [0.3, 0.4) is 0 Å². The number of nitrogens with one attached hydrogen (secondary N) is 2. The molecule has 7 nitrogen and oxygen atoms in total. The van der Waals surface area contributed by atoms with Crippen LogP contribution in [0.4, 0.5) is 10.1 Å². The van der Waals surface area contributed by atoms with Crippen LogP contribution in [0.1, 0.15) is 60.0 Å². The summed E-state index contributed by atoms with van der Waals surface area (Å²) in [5.74, 6) is 2.21. The Balaban J connectivity index is 1.02. The lowest BCUT2D eigenvalue weighted by atomic mass is 9.48. The number of hydrogen-bond donors (Lipinski definition) is 2. The third-order valence-corrected chi connectivity index (χ3v) is 8.83. The van der Waals surface area contributed by atoms with Crippen LogP contribution in [0, 0.1) is 23.6 Å². The highest BCUT2D eigenvalue weighted by atomic mass is 19.1. The molecule has 2 N–H and O–H groups in total. The number of amides is 2. The molecule has 4 fully saturated rings. The van der Waals surface area contributed by atoms with E-state index in [1.165, 1.54) is 75.6 Å². The SMILES string of the molecule is COc1cc(/C=N\NC(=O)c2cccc(F)c2)ccc1OCC(=O)Nc1ccc(C23CC4CC(CC(C4)C2)C3)cc1. The molecule has 0 unspecified atom stereocenters. The van der Waals surface area contributed by atoms with Gasteiger partial charge in [-0.25, -0.2) is 9.82 Å². The normalized spacial score (nSPS) is 24.3. The first-order valence-electron chi connectivity index (χ1n) is 14.2. The van der Waals surface area contributed by atoms with Gasteiger partial charge in [0.15, 0.2) is 18.1 Å². The molecule has 3 aromatic rings. The van der Waals surface area contributed by atoms with Crippen LogP contribution in [-0.2, 0) is 10.2 Å². The van der Waals surface area contributed by atoms with Crippen molar-refractivity contribution in [1.29, 1.82) is 0 Å². The van der Waals surface area contributed by atoms with Gasteiger partial charge < -0.3 is 14.8 Å². The summed E-state index contributed by atoms with van der Waals surface area (Å²) < 4.78 is 24.5. The Bertz CT molecular complexity index is 1430. The van der Waals surface area contributed by atoms with Crippen molar-refractivity contribution < 1.29 is 23.5 Å². The van der Waals surface area contributed by atoms with E-state index in [0.29, 0.717) is 22.5 Å². The van der Waals surface area contributed by atoms with E-state index in [1.807, 2.05) is 12.1 Å². The summed E-state index contributed by atoms with van der Waals surface area (Å²) >= 11 is 0. The van der Waals surface area contributed by atoms with Crippen molar-refractivity contribution in [2.45, 2.75) is 43.9 Å². The molecule has 0 spiro atoms. The predicted molar refractivity (Wildman–Crippen MR) is 155 cm³/mol. The molecule has 212 valence electrons. The first kappa shape index (κ1) is 27.0. The Morgan fingerprint density at radius 3 is 2.32 bits per heavy atom. The molecule has 2 amide bonds. The Morgan fingerprint density at radius 1 is 0.951 bits per heavy atom. The highest BCUT2D eigenvalue weighted by molar-refractivity contribution is 5.95. The van der Waals surface area contributed by atoms with Gasteiger partial charge in [-0.15, -0.1) is 0 Å². The van der Waals surface area contributed by atoms with E-state index in [0.717, 1.165) is 29.5 Å². The second-order valence-electron chi connectivity index (χ2n) is 11.7. The molecule has 0 saturated heterocycles. The summed E-state index contributed by atoms with van der Waals surface area (Å²) in [4.78, 5) is 24.8. The topological polar surface area (TPSA) is 89.0 Å². The predicted octanol–water partition coefficient (Wildman–Crippen LogP) is 6.08. The lowest BCUT2D eigenvalue weighted by Crippen LogP contribution is -2.48. The number of nitrogens with zero attached hydrogens (tertiary/aromatic N) is 1. The average molecular weight is 556 g/mol. The number of ether oxygens (including phenoxy) is 2. The number of halogens is 1. The Morgan fingerprint density at radius 2 is 1.66 bits per heavy atom. The number of carbonyl (C=O) groups is 2. The van der Waals surface area contributed by atoms with Crippen molar-refractivity contribution in [3.8, 4) is 11.5 Å². The molecule has 0 heterocycles. The van der Waals surface area contributed by atoms with E-state index in [2.05, 4.69) is 28.0 Å². The van der Waals surface area contributed by atoms with Crippen LogP contribution in [-0.4, -0.2) is 31.7 Å². The largest absolute Gasteiger partial charge is 0.493 e. The molecule has 0 radical (unpaired) electrons. The summed E-state index contributed by atoms with van der Waals surface area (Å²) in [6.45, 7) is -0.176. The number of anilines is 1. The Labute approximate surface area is 239 Å². The summed E-state index contributed by atoms with van der Waals surface area (Å²) in [6.07, 6.45) is 9.64. The van der Waals surface area contributed by atoms with Crippen LogP contribution in [0.5, 0.6) is 11.5 Å². The molecule has 4 bridgehead atoms. The minimum absolute atomic E-state index is 0.167. The second-order valence-corrected chi connectivity index (χ2v) is 11.7. The number of hydrogen-bond acceptors (Lipinski definition) is 5. The molecule has 3 aromatic carbocycles. The zero-order chi connectivity index (χ0) is 28.4. The van der Waals surface area contributed by atoms with E-state index in [9.17, 15) is 14.0 Å². The van der Waals surface area contributed by atoms with Crippen molar-refractivity contribution in [1.82, 2.24) is 5.43 Å². The molecule has 0 aliphatic heterocycles. The van der Waals surface area contributed by atoms with Gasteiger partial charge >= 0.3 is 0 Å². The molecule has 4 saturated carbocycles. The molecule has 41 heavy (non-hydrogen) atoms. The summed E-state index contributed by atoms with van der Waals surface area (Å²) in [5.41, 5.74) is 5.68. The van der Waals surface area contributed by atoms with Gasteiger partial charge in [-0.2, -0.15) is 5.10 Å². The monoisotopic (exact) mass is 555 g/mol. The van der Waals surface area contributed by atoms with Crippen LogP contribution in [0.25, 0.3) is 0 Å². The van der Waals surface area contributed by atoms with Gasteiger partial charge in [0.05, 0.1) is 13.3 Å². The van der Waals surface area contributed by atoms with Crippen LogP contribution >= 0.6 is 0 Å². The van der Waals surface area contributed by atoms with Gasteiger partial charge in [-0.1, -0.05) is 18.2 Å². The van der Waals surface area contributed by atoms with Gasteiger partial charge in [-0.3, -0.25) is 9.59 Å². The maximum Gasteiger partial charge on any atom is 0.271 e. The standard InChI is InChI=1S/C33H34FN3O4/c1-40-30-14-21(19-35-37-32(39)25-3-2-4-27(34)15-25)5-10-29(30)41-20-31(38)36-28-8-6-26(7-9-28)33-16-22-11-23(17-33)13-24(12-22)18-33/h2-10,14-15,19,22-24H,11-13,16-18,20H2,1H3,(H,36,38)(H,37,39)/b35-19-. The minimum Gasteiger partial charge on any atom is -0.493 e. The smallest absolute Gasteiger partial charge is 0.271 e. The van der Waals surface area contributed by atoms with Gasteiger partial charge in [0.25, 0.3) is 11.8 Å². The lowest BCUT2D eigenvalue weighted by molar-refractivity contribution is -0.118. The zero-order valence-corrected chi connectivity index (χ0v) is 23.1. The summed E-state index contributed by atoms with van der Waals surface area (Å²) in [5, 5.41) is 6.85. The summed E-state index contributed by atoms with van der Waals surface area (Å²) in [7, 11) is 1.50. The highest BCUT2D eigenvalue weighted by Gasteiger charge is 2.51. The van der Waals surface area contributed by atoms with Crippen LogP contribution < -0.4 is 20.2 Å². The Hall–Kier alpha value is -4.20. The first-order chi connectivity index (χ1) is 19.9. The zero-order valence-electron chi connectivity index (χ0n) is 23.1. The molecule has 0 atom stereocenters. The summed E-state index contributed by atoms with van der Waals surface area (Å²) in [6, 6.07) is 18.8. The van der Waals surface area contributed by atoms with Crippen molar-refractivity contribution in [3.05, 3.63) is 89.2 Å². The number of methoxy groups -OCH3 is 1. The molecule has 8 heteroatoms. The van der Waals surface area contributed by atoms with E-state index in [-0.39, 0.29) is 18.1 Å². The van der Waals surface area contributed by atoms with Crippen molar-refractivity contribution in [2.24, 2.45) is 22.9 Å². The van der Waals surface area contributed by atoms with Crippen LogP contribution in [0.15, 0.2) is 71.8 Å². The molecule has 4 aliphatic rings.